The number of nitrogens with one attached hydrogen (secondary N) is 2. The van der Waals surface area contributed by atoms with Gasteiger partial charge in [0.2, 0.25) is 5.88 Å². The first-order valence-corrected chi connectivity index (χ1v) is 10.5. The average Bonchev–Trinajstić information content (AvgIpc) is 3.23. The van der Waals surface area contributed by atoms with Crippen LogP contribution < -0.4 is 10.1 Å². The Morgan fingerprint density at radius 1 is 1.28 bits per heavy atom. The number of nitrogens with zero attached hydrogens (tertiary/aromatic N) is 2. The van der Waals surface area contributed by atoms with Crippen molar-refractivity contribution < 1.29 is 24.1 Å². The maximum absolute atomic E-state index is 12.4. The fourth-order valence-electron chi connectivity index (χ4n) is 3.10. The number of ether oxygens (including phenoxy) is 3. The van der Waals surface area contributed by atoms with E-state index in [0.29, 0.717) is 30.4 Å². The molecule has 0 saturated heterocycles. The van der Waals surface area contributed by atoms with Gasteiger partial charge in [0, 0.05) is 18.6 Å². The summed E-state index contributed by atoms with van der Waals surface area (Å²) >= 11 is 0. The fourth-order valence-corrected chi connectivity index (χ4v) is 3.10. The van der Waals surface area contributed by atoms with Gasteiger partial charge < -0.3 is 29.6 Å². The van der Waals surface area contributed by atoms with Crippen LogP contribution in [0.4, 0.5) is 4.79 Å². The first-order chi connectivity index (χ1) is 15.3. The number of methoxy groups -OCH3 is 1. The minimum Gasteiger partial charge on any atom is -0.480 e. The van der Waals surface area contributed by atoms with Crippen LogP contribution in [0.2, 0.25) is 0 Å². The van der Waals surface area contributed by atoms with E-state index in [4.69, 9.17) is 19.3 Å². The average molecular weight is 443 g/mol. The predicted molar refractivity (Wildman–Crippen MR) is 121 cm³/mol. The Bertz CT molecular complexity index is 1040. The molecule has 0 fully saturated rings. The number of hydrogen-bond acceptors (Lipinski definition) is 7. The highest BCUT2D eigenvalue weighted by atomic mass is 16.6. The number of aliphatic hydroxyl groups excluding tert-OH is 1. The number of pyridine rings is 1. The molecule has 1 aromatic carbocycles. The van der Waals surface area contributed by atoms with Crippen molar-refractivity contribution >= 4 is 17.0 Å². The van der Waals surface area contributed by atoms with Crippen LogP contribution in [0.3, 0.4) is 0 Å². The number of carbonyl (C=O) groups is 1. The molecule has 0 bridgehead atoms. The molecule has 0 aliphatic heterocycles. The highest BCUT2D eigenvalue weighted by molar-refractivity contribution is 5.85. The molecular weight excluding hydrogens is 412 g/mol. The summed E-state index contributed by atoms with van der Waals surface area (Å²) in [6.07, 6.45) is 1.60. The third-order valence-corrected chi connectivity index (χ3v) is 4.52. The van der Waals surface area contributed by atoms with Gasteiger partial charge in [0.05, 0.1) is 36.7 Å². The number of benzene rings is 1. The highest BCUT2D eigenvalue weighted by Gasteiger charge is 2.23. The Hall–Kier alpha value is -3.17. The van der Waals surface area contributed by atoms with Crippen molar-refractivity contribution in [1.29, 1.82) is 0 Å². The second-order valence-electron chi connectivity index (χ2n) is 8.27. The van der Waals surface area contributed by atoms with Gasteiger partial charge in [0.1, 0.15) is 17.5 Å². The van der Waals surface area contributed by atoms with E-state index in [1.54, 1.807) is 34.1 Å². The standard InChI is InChI=1S/C23H30N4O5/c1-23(2,3)32-22(29)27-19(14-31-11-7-10-28)20-24-13-18(25-20)16-12-15-8-5-6-9-17(15)26-21(16)30-4/h5-6,8-9,12-13,19,28H,7,10-11,14H2,1-4H3,(H,24,25)(H,27,29)/t19-/m0/s1. The van der Waals surface area contributed by atoms with Crippen molar-refractivity contribution in [3.8, 4) is 17.1 Å². The molecule has 3 aromatic rings. The van der Waals surface area contributed by atoms with E-state index in [1.165, 1.54) is 0 Å². The van der Waals surface area contributed by atoms with Gasteiger partial charge in [-0.15, -0.1) is 0 Å². The number of aromatic amines is 1. The molecule has 0 aliphatic rings. The lowest BCUT2D eigenvalue weighted by Crippen LogP contribution is -2.37. The lowest BCUT2D eigenvalue weighted by Gasteiger charge is -2.23. The van der Waals surface area contributed by atoms with Gasteiger partial charge in [-0.25, -0.2) is 14.8 Å². The van der Waals surface area contributed by atoms with Crippen LogP contribution in [-0.2, 0) is 9.47 Å². The number of rotatable bonds is 9. The summed E-state index contributed by atoms with van der Waals surface area (Å²) in [5.74, 6) is 0.972. The minimum absolute atomic E-state index is 0.0316. The molecule has 0 spiro atoms. The minimum atomic E-state index is -0.634. The molecule has 0 aliphatic carbocycles. The van der Waals surface area contributed by atoms with Gasteiger partial charge in [-0.3, -0.25) is 0 Å². The number of H-pyrrole nitrogens is 1. The summed E-state index contributed by atoms with van der Waals surface area (Å²) in [5.41, 5.74) is 1.64. The van der Waals surface area contributed by atoms with Crippen molar-refractivity contribution in [1.82, 2.24) is 20.3 Å². The number of imidazole rings is 1. The zero-order valence-corrected chi connectivity index (χ0v) is 18.8. The quantitative estimate of drug-likeness (QED) is 0.433. The molecule has 0 unspecified atom stereocenters. The Morgan fingerprint density at radius 3 is 2.78 bits per heavy atom. The lowest BCUT2D eigenvalue weighted by atomic mass is 10.1. The molecule has 1 amide bonds. The summed E-state index contributed by atoms with van der Waals surface area (Å²) < 4.78 is 16.5. The Balaban J connectivity index is 1.86. The van der Waals surface area contributed by atoms with Crippen LogP contribution in [-0.4, -0.2) is 58.7 Å². The fraction of sp³-hybridized carbons (Fsp3) is 0.435. The van der Waals surface area contributed by atoms with E-state index < -0.39 is 17.7 Å². The monoisotopic (exact) mass is 442 g/mol. The van der Waals surface area contributed by atoms with E-state index >= 15 is 0 Å². The highest BCUT2D eigenvalue weighted by Crippen LogP contribution is 2.31. The maximum Gasteiger partial charge on any atom is 0.408 e. The molecule has 2 heterocycles. The second kappa shape index (κ2) is 10.4. The third-order valence-electron chi connectivity index (χ3n) is 4.52. The van der Waals surface area contributed by atoms with Crippen LogP contribution in [0.5, 0.6) is 5.88 Å². The van der Waals surface area contributed by atoms with Crippen LogP contribution in [0.25, 0.3) is 22.2 Å². The molecule has 3 rings (SSSR count). The molecule has 9 nitrogen and oxygen atoms in total. The summed E-state index contributed by atoms with van der Waals surface area (Å²) in [4.78, 5) is 24.6. The normalized spacial score (nSPS) is 12.5. The van der Waals surface area contributed by atoms with E-state index in [-0.39, 0.29) is 13.2 Å². The second-order valence-corrected chi connectivity index (χ2v) is 8.27. The molecule has 0 saturated carbocycles. The lowest BCUT2D eigenvalue weighted by molar-refractivity contribution is 0.0424. The van der Waals surface area contributed by atoms with Gasteiger partial charge >= 0.3 is 6.09 Å². The van der Waals surface area contributed by atoms with E-state index in [1.807, 2.05) is 30.3 Å². The first kappa shape index (κ1) is 23.5. The number of aliphatic hydroxyl groups is 1. The van der Waals surface area contributed by atoms with Gasteiger partial charge in [0.15, 0.2) is 0 Å². The molecule has 2 aromatic heterocycles. The predicted octanol–water partition coefficient (Wildman–Crippen LogP) is 3.60. The van der Waals surface area contributed by atoms with Crippen molar-refractivity contribution in [3.63, 3.8) is 0 Å². The smallest absolute Gasteiger partial charge is 0.408 e. The first-order valence-electron chi connectivity index (χ1n) is 10.5. The van der Waals surface area contributed by atoms with Crippen LogP contribution in [0.1, 0.15) is 39.1 Å². The number of para-hydroxylation sites is 1. The van der Waals surface area contributed by atoms with Crippen molar-refractivity contribution in [3.05, 3.63) is 42.4 Å². The molecule has 3 N–H and O–H groups in total. The Morgan fingerprint density at radius 2 is 2.06 bits per heavy atom. The molecule has 172 valence electrons. The van der Waals surface area contributed by atoms with Crippen LogP contribution in [0, 0.1) is 0 Å². The molecule has 0 radical (unpaired) electrons. The van der Waals surface area contributed by atoms with E-state index in [2.05, 4.69) is 20.3 Å². The Labute approximate surface area is 187 Å². The zero-order valence-electron chi connectivity index (χ0n) is 18.8. The van der Waals surface area contributed by atoms with Gasteiger partial charge in [-0.1, -0.05) is 18.2 Å². The van der Waals surface area contributed by atoms with Gasteiger partial charge in [-0.2, -0.15) is 0 Å². The number of fused-ring (bicyclic) bond motifs is 1. The summed E-state index contributed by atoms with van der Waals surface area (Å²) in [5, 5.41) is 12.7. The van der Waals surface area contributed by atoms with Crippen LogP contribution in [0.15, 0.2) is 36.5 Å². The number of aromatic nitrogens is 3. The topological polar surface area (TPSA) is 119 Å². The van der Waals surface area contributed by atoms with Gasteiger partial charge in [0.25, 0.3) is 0 Å². The number of carbonyl (C=O) groups excluding carboxylic acids is 1. The number of amides is 1. The maximum atomic E-state index is 12.4. The van der Waals surface area contributed by atoms with Crippen molar-refractivity contribution in [2.75, 3.05) is 26.9 Å². The molecule has 32 heavy (non-hydrogen) atoms. The third kappa shape index (κ3) is 6.18. The van der Waals surface area contributed by atoms with E-state index in [9.17, 15) is 4.79 Å². The van der Waals surface area contributed by atoms with E-state index in [0.717, 1.165) is 16.5 Å². The summed E-state index contributed by atoms with van der Waals surface area (Å²) in [6.45, 7) is 5.94. The van der Waals surface area contributed by atoms with Crippen LogP contribution >= 0.6 is 0 Å². The largest absolute Gasteiger partial charge is 0.480 e. The summed E-state index contributed by atoms with van der Waals surface area (Å²) in [7, 11) is 1.57. The summed E-state index contributed by atoms with van der Waals surface area (Å²) in [6, 6.07) is 9.17. The number of hydrogen-bond donors (Lipinski definition) is 3. The molecular formula is C23H30N4O5. The molecule has 1 atom stereocenters. The number of alkyl carbamates (subject to hydrolysis) is 1. The van der Waals surface area contributed by atoms with Crippen molar-refractivity contribution in [2.24, 2.45) is 0 Å². The zero-order chi connectivity index (χ0) is 23.1. The Kier molecular flexibility index (Phi) is 7.66. The van der Waals surface area contributed by atoms with Gasteiger partial charge in [-0.05, 0) is 39.3 Å². The van der Waals surface area contributed by atoms with Crippen molar-refractivity contribution in [2.45, 2.75) is 38.8 Å². The SMILES string of the molecule is COc1nc2ccccc2cc1-c1cnc([C@H](COCCCO)NC(=O)OC(C)(C)C)[nH]1. The molecule has 9 heteroatoms.